The first-order valence-electron chi connectivity index (χ1n) is 10.8. The van der Waals surface area contributed by atoms with Crippen LogP contribution in [0.5, 0.6) is 5.75 Å². The number of carbonyl (C=O) groups is 1. The summed E-state index contributed by atoms with van der Waals surface area (Å²) in [7, 11) is 0. The molecule has 1 amide bonds. The molecule has 0 bridgehead atoms. The Morgan fingerprint density at radius 1 is 1.06 bits per heavy atom. The Morgan fingerprint density at radius 3 is 2.55 bits per heavy atom. The third kappa shape index (κ3) is 5.75. The van der Waals surface area contributed by atoms with E-state index in [1.807, 2.05) is 49.4 Å². The van der Waals surface area contributed by atoms with Gasteiger partial charge in [0.15, 0.2) is 10.7 Å². The number of amides is 1. The second kappa shape index (κ2) is 10.3. The zero-order valence-corrected chi connectivity index (χ0v) is 19.4. The number of thiocarbonyl (C=S) groups is 1. The van der Waals surface area contributed by atoms with E-state index in [-0.39, 0.29) is 11.0 Å². The van der Waals surface area contributed by atoms with E-state index in [0.717, 1.165) is 46.5 Å². The molecule has 0 atom stereocenters. The minimum absolute atomic E-state index is 0.216. The number of benzene rings is 3. The summed E-state index contributed by atoms with van der Waals surface area (Å²) < 4.78 is 11.5. The summed E-state index contributed by atoms with van der Waals surface area (Å²) >= 11 is 5.29. The number of anilines is 1. The molecule has 3 aromatic carbocycles. The molecule has 4 rings (SSSR count). The van der Waals surface area contributed by atoms with Gasteiger partial charge in [-0.05, 0) is 91.8 Å². The number of ether oxygens (including phenoxy) is 1. The standard InChI is InChI=1S/C26H25N3O3S/c1-3-4-15-31-21-12-8-18(9-13-21)24(30)29-26(33)27-20-10-6-19(7-11-20)25-28-22-16-17(2)5-14-23(22)32-25/h5-14,16H,3-4,15H2,1-2H3,(H2,27,29,30,33). The van der Waals surface area contributed by atoms with Gasteiger partial charge >= 0.3 is 0 Å². The normalized spacial score (nSPS) is 10.7. The summed E-state index contributed by atoms with van der Waals surface area (Å²) in [5.74, 6) is 1.01. The van der Waals surface area contributed by atoms with E-state index in [2.05, 4.69) is 22.5 Å². The molecule has 0 saturated carbocycles. The van der Waals surface area contributed by atoms with Gasteiger partial charge in [-0.15, -0.1) is 0 Å². The van der Waals surface area contributed by atoms with E-state index in [9.17, 15) is 4.79 Å². The highest BCUT2D eigenvalue weighted by molar-refractivity contribution is 7.80. The molecule has 0 fully saturated rings. The molecule has 0 unspecified atom stereocenters. The number of nitrogens with zero attached hydrogens (tertiary/aromatic N) is 1. The Hall–Kier alpha value is -3.71. The van der Waals surface area contributed by atoms with Gasteiger partial charge in [0.2, 0.25) is 5.89 Å². The third-order valence-corrected chi connectivity index (χ3v) is 5.25. The lowest BCUT2D eigenvalue weighted by Crippen LogP contribution is -2.34. The van der Waals surface area contributed by atoms with Gasteiger partial charge in [0, 0.05) is 16.8 Å². The van der Waals surface area contributed by atoms with Crippen molar-refractivity contribution in [2.45, 2.75) is 26.7 Å². The number of aryl methyl sites for hydroxylation is 1. The number of hydrogen-bond acceptors (Lipinski definition) is 5. The molecule has 6 nitrogen and oxygen atoms in total. The van der Waals surface area contributed by atoms with Crippen LogP contribution in [0.25, 0.3) is 22.6 Å². The van der Waals surface area contributed by atoms with E-state index in [1.54, 1.807) is 24.3 Å². The summed E-state index contributed by atoms with van der Waals surface area (Å²) in [5, 5.41) is 5.94. The van der Waals surface area contributed by atoms with E-state index >= 15 is 0 Å². The summed E-state index contributed by atoms with van der Waals surface area (Å²) in [6.45, 7) is 4.80. The first kappa shape index (κ1) is 22.5. The number of fused-ring (bicyclic) bond motifs is 1. The van der Waals surface area contributed by atoms with Crippen LogP contribution in [0, 0.1) is 6.92 Å². The lowest BCUT2D eigenvalue weighted by molar-refractivity contribution is 0.0977. The van der Waals surface area contributed by atoms with E-state index in [4.69, 9.17) is 21.4 Å². The predicted molar refractivity (Wildman–Crippen MR) is 135 cm³/mol. The maximum atomic E-state index is 12.5. The molecule has 0 aliphatic rings. The third-order valence-electron chi connectivity index (χ3n) is 5.04. The molecule has 1 aromatic heterocycles. The molecule has 33 heavy (non-hydrogen) atoms. The average Bonchev–Trinajstić information content (AvgIpc) is 3.23. The first-order valence-corrected chi connectivity index (χ1v) is 11.3. The maximum absolute atomic E-state index is 12.5. The zero-order valence-electron chi connectivity index (χ0n) is 18.6. The van der Waals surface area contributed by atoms with Gasteiger partial charge in [0.1, 0.15) is 11.3 Å². The number of hydrogen-bond donors (Lipinski definition) is 2. The Kier molecular flexibility index (Phi) is 7.00. The predicted octanol–water partition coefficient (Wildman–Crippen LogP) is 6.11. The molecule has 0 saturated heterocycles. The van der Waals surface area contributed by atoms with Gasteiger partial charge in [-0.2, -0.15) is 0 Å². The number of oxazole rings is 1. The van der Waals surface area contributed by atoms with Crippen LogP contribution in [0.1, 0.15) is 35.7 Å². The topological polar surface area (TPSA) is 76.4 Å². The smallest absolute Gasteiger partial charge is 0.257 e. The molecule has 0 aliphatic heterocycles. The molecule has 0 spiro atoms. The van der Waals surface area contributed by atoms with Crippen molar-refractivity contribution in [2.24, 2.45) is 0 Å². The van der Waals surface area contributed by atoms with Crippen LogP contribution in [0.4, 0.5) is 5.69 Å². The summed E-state index contributed by atoms with van der Waals surface area (Å²) in [6, 6.07) is 20.4. The fourth-order valence-corrected chi connectivity index (χ4v) is 3.44. The highest BCUT2D eigenvalue weighted by Gasteiger charge is 2.10. The highest BCUT2D eigenvalue weighted by atomic mass is 32.1. The molecule has 0 aliphatic carbocycles. The van der Waals surface area contributed by atoms with E-state index in [1.165, 1.54) is 0 Å². The van der Waals surface area contributed by atoms with Crippen LogP contribution in [-0.4, -0.2) is 22.6 Å². The summed E-state index contributed by atoms with van der Waals surface area (Å²) in [5.41, 5.74) is 4.82. The van der Waals surface area contributed by atoms with Crippen molar-refractivity contribution in [3.05, 3.63) is 77.9 Å². The van der Waals surface area contributed by atoms with Crippen molar-refractivity contribution in [3.8, 4) is 17.2 Å². The van der Waals surface area contributed by atoms with Crippen LogP contribution in [0.2, 0.25) is 0 Å². The van der Waals surface area contributed by atoms with Crippen molar-refractivity contribution in [2.75, 3.05) is 11.9 Å². The summed E-state index contributed by atoms with van der Waals surface area (Å²) in [4.78, 5) is 17.0. The molecule has 4 aromatic rings. The average molecular weight is 460 g/mol. The SMILES string of the molecule is CCCCOc1ccc(C(=O)NC(=S)Nc2ccc(-c3nc4cc(C)ccc4o3)cc2)cc1. The Bertz CT molecular complexity index is 1260. The van der Waals surface area contributed by atoms with Crippen molar-refractivity contribution < 1.29 is 13.9 Å². The number of unbranched alkanes of at least 4 members (excludes halogenated alkanes) is 1. The Balaban J connectivity index is 1.34. The number of carbonyl (C=O) groups excluding carboxylic acids is 1. The van der Waals surface area contributed by atoms with Crippen molar-refractivity contribution in [1.29, 1.82) is 0 Å². The van der Waals surface area contributed by atoms with Crippen LogP contribution in [-0.2, 0) is 0 Å². The van der Waals surface area contributed by atoms with Gasteiger partial charge in [-0.25, -0.2) is 4.98 Å². The van der Waals surface area contributed by atoms with Crippen LogP contribution >= 0.6 is 12.2 Å². The van der Waals surface area contributed by atoms with Gasteiger partial charge in [0.25, 0.3) is 5.91 Å². The largest absolute Gasteiger partial charge is 0.494 e. The molecule has 1 heterocycles. The molecule has 0 radical (unpaired) electrons. The second-order valence-corrected chi connectivity index (χ2v) is 8.11. The van der Waals surface area contributed by atoms with Crippen LogP contribution in [0.3, 0.4) is 0 Å². The molecular formula is C26H25N3O3S. The van der Waals surface area contributed by atoms with Crippen molar-refractivity contribution >= 4 is 40.0 Å². The lowest BCUT2D eigenvalue weighted by Gasteiger charge is -2.10. The maximum Gasteiger partial charge on any atom is 0.257 e. The number of aromatic nitrogens is 1. The Morgan fingerprint density at radius 2 is 1.82 bits per heavy atom. The Labute approximate surface area is 198 Å². The first-order chi connectivity index (χ1) is 16.0. The zero-order chi connectivity index (χ0) is 23.2. The summed E-state index contributed by atoms with van der Waals surface area (Å²) in [6.07, 6.45) is 2.07. The molecule has 168 valence electrons. The fourth-order valence-electron chi connectivity index (χ4n) is 3.23. The second-order valence-electron chi connectivity index (χ2n) is 7.70. The van der Waals surface area contributed by atoms with Crippen LogP contribution in [0.15, 0.2) is 71.1 Å². The van der Waals surface area contributed by atoms with Gasteiger partial charge in [-0.3, -0.25) is 10.1 Å². The number of nitrogens with one attached hydrogen (secondary N) is 2. The highest BCUT2D eigenvalue weighted by Crippen LogP contribution is 2.26. The molecular weight excluding hydrogens is 434 g/mol. The van der Waals surface area contributed by atoms with Crippen molar-refractivity contribution in [3.63, 3.8) is 0 Å². The minimum atomic E-state index is -0.286. The van der Waals surface area contributed by atoms with E-state index < -0.39 is 0 Å². The monoisotopic (exact) mass is 459 g/mol. The lowest BCUT2D eigenvalue weighted by atomic mass is 10.2. The minimum Gasteiger partial charge on any atom is -0.494 e. The van der Waals surface area contributed by atoms with Crippen LogP contribution < -0.4 is 15.4 Å². The fraction of sp³-hybridized carbons (Fsp3) is 0.192. The van der Waals surface area contributed by atoms with Gasteiger partial charge < -0.3 is 14.5 Å². The van der Waals surface area contributed by atoms with E-state index in [0.29, 0.717) is 18.1 Å². The number of rotatable bonds is 7. The quantitative estimate of drug-likeness (QED) is 0.257. The van der Waals surface area contributed by atoms with Gasteiger partial charge in [-0.1, -0.05) is 19.4 Å². The molecule has 7 heteroatoms. The molecule has 2 N–H and O–H groups in total. The van der Waals surface area contributed by atoms with Crippen molar-refractivity contribution in [1.82, 2.24) is 10.3 Å². The van der Waals surface area contributed by atoms with Gasteiger partial charge in [0.05, 0.1) is 6.61 Å².